The van der Waals surface area contributed by atoms with Gasteiger partial charge >= 0.3 is 0 Å². The fraction of sp³-hybridized carbons (Fsp3) is 0.571. The van der Waals surface area contributed by atoms with Crippen LogP contribution >= 0.6 is 15.9 Å². The fourth-order valence-corrected chi connectivity index (χ4v) is 2.98. The molecular weight excluding hydrogens is 311 g/mol. The Bertz CT molecular complexity index is 410. The highest BCUT2D eigenvalue weighted by Gasteiger charge is 2.24. The third-order valence-corrected chi connectivity index (χ3v) is 4.02. The van der Waals surface area contributed by atoms with E-state index < -0.39 is 0 Å². The molecule has 0 bridgehead atoms. The maximum absolute atomic E-state index is 12.9. The Labute approximate surface area is 122 Å². The molecule has 1 N–H and O–H groups in total. The maximum Gasteiger partial charge on any atom is 0.123 e. The molecule has 1 atom stereocenters. The molecule has 1 heterocycles. The van der Waals surface area contributed by atoms with Crippen LogP contribution in [-0.2, 0) is 0 Å². The monoisotopic (exact) mass is 330 g/mol. The van der Waals surface area contributed by atoms with Crippen LogP contribution in [-0.4, -0.2) is 44.9 Å². The van der Waals surface area contributed by atoms with E-state index in [9.17, 15) is 4.39 Å². The van der Waals surface area contributed by atoms with Crippen molar-refractivity contribution in [3.05, 3.63) is 28.2 Å². The van der Waals surface area contributed by atoms with Gasteiger partial charge in [0.15, 0.2) is 0 Å². The highest BCUT2D eigenvalue weighted by Crippen LogP contribution is 2.34. The molecule has 0 spiro atoms. The van der Waals surface area contributed by atoms with Gasteiger partial charge in [-0.15, -0.1) is 0 Å². The van der Waals surface area contributed by atoms with E-state index in [-0.39, 0.29) is 12.7 Å². The number of halogens is 2. The van der Waals surface area contributed by atoms with Gasteiger partial charge in [-0.2, -0.15) is 0 Å². The van der Waals surface area contributed by atoms with Crippen LogP contribution in [0, 0.1) is 0 Å². The lowest BCUT2D eigenvalue weighted by molar-refractivity contribution is 0.155. The third-order valence-electron chi connectivity index (χ3n) is 3.53. The fourth-order valence-electron chi connectivity index (χ4n) is 2.60. The van der Waals surface area contributed by atoms with Crippen LogP contribution < -0.4 is 10.1 Å². The van der Waals surface area contributed by atoms with Crippen molar-refractivity contribution in [2.24, 2.45) is 0 Å². The second-order valence-corrected chi connectivity index (χ2v) is 5.58. The Kier molecular flexibility index (Phi) is 5.60. The minimum Gasteiger partial charge on any atom is -0.496 e. The molecule has 1 aromatic rings. The number of benzene rings is 1. The van der Waals surface area contributed by atoms with Gasteiger partial charge in [-0.3, -0.25) is 9.29 Å². The van der Waals surface area contributed by atoms with Gasteiger partial charge in [0.1, 0.15) is 5.75 Å². The van der Waals surface area contributed by atoms with Crippen LogP contribution in [0.3, 0.4) is 0 Å². The van der Waals surface area contributed by atoms with Crippen molar-refractivity contribution < 1.29 is 9.13 Å². The number of hydrogen-bond donors (Lipinski definition) is 1. The summed E-state index contributed by atoms with van der Waals surface area (Å²) in [6, 6.07) is 6.01. The predicted octanol–water partition coefficient (Wildman–Crippen LogP) is 2.76. The molecule has 1 aliphatic rings. The second kappa shape index (κ2) is 7.22. The number of hydrogen-bond acceptors (Lipinski definition) is 3. The van der Waals surface area contributed by atoms with Gasteiger partial charge in [0, 0.05) is 42.3 Å². The van der Waals surface area contributed by atoms with Crippen molar-refractivity contribution in [3.8, 4) is 5.75 Å². The largest absolute Gasteiger partial charge is 0.496 e. The molecule has 0 amide bonds. The number of rotatable bonds is 5. The van der Waals surface area contributed by atoms with Gasteiger partial charge in [0.2, 0.25) is 0 Å². The smallest absolute Gasteiger partial charge is 0.123 e. The minimum absolute atomic E-state index is 0.0829. The zero-order chi connectivity index (χ0) is 13.7. The summed E-state index contributed by atoms with van der Waals surface area (Å²) in [5.74, 6) is 0.834. The van der Waals surface area contributed by atoms with Crippen LogP contribution in [0.25, 0.3) is 0 Å². The molecule has 0 aliphatic carbocycles. The Morgan fingerprint density at radius 1 is 1.42 bits per heavy atom. The van der Waals surface area contributed by atoms with Crippen LogP contribution in [0.4, 0.5) is 4.39 Å². The number of methoxy groups -OCH3 is 1. The van der Waals surface area contributed by atoms with Crippen molar-refractivity contribution in [2.45, 2.75) is 12.5 Å². The number of ether oxygens (including phenoxy) is 1. The third kappa shape index (κ3) is 3.68. The molecule has 2 rings (SSSR count). The molecule has 0 aromatic heterocycles. The molecule has 1 aliphatic heterocycles. The number of alkyl halides is 1. The van der Waals surface area contributed by atoms with Gasteiger partial charge in [0.25, 0.3) is 0 Å². The average Bonchev–Trinajstić information content (AvgIpc) is 2.45. The molecule has 0 saturated carbocycles. The molecular formula is C14H20BrFN2O. The van der Waals surface area contributed by atoms with Gasteiger partial charge in [-0.05, 0) is 24.6 Å². The molecule has 0 unspecified atom stereocenters. The first kappa shape index (κ1) is 14.8. The van der Waals surface area contributed by atoms with Crippen LogP contribution in [0.2, 0.25) is 0 Å². The lowest BCUT2D eigenvalue weighted by Crippen LogP contribution is -2.45. The van der Waals surface area contributed by atoms with Gasteiger partial charge in [-0.1, -0.05) is 15.9 Å². The van der Waals surface area contributed by atoms with Crippen LogP contribution in [0.15, 0.2) is 22.7 Å². The first-order valence-electron chi connectivity index (χ1n) is 6.60. The Hall–Kier alpha value is -0.650. The summed E-state index contributed by atoms with van der Waals surface area (Å²) in [6.45, 7) is 3.49. The Morgan fingerprint density at radius 2 is 2.16 bits per heavy atom. The van der Waals surface area contributed by atoms with E-state index in [1.165, 1.54) is 0 Å². The Balaban J connectivity index is 2.28. The average molecular weight is 331 g/mol. The van der Waals surface area contributed by atoms with Crippen LogP contribution in [0.5, 0.6) is 5.75 Å². The molecule has 3 nitrogen and oxygen atoms in total. The zero-order valence-corrected chi connectivity index (χ0v) is 12.7. The highest BCUT2D eigenvalue weighted by molar-refractivity contribution is 9.10. The van der Waals surface area contributed by atoms with Crippen LogP contribution in [0.1, 0.15) is 18.0 Å². The van der Waals surface area contributed by atoms with E-state index in [1.54, 1.807) is 7.11 Å². The van der Waals surface area contributed by atoms with Crippen molar-refractivity contribution in [3.63, 3.8) is 0 Å². The van der Waals surface area contributed by atoms with E-state index >= 15 is 0 Å². The highest BCUT2D eigenvalue weighted by atomic mass is 79.9. The summed E-state index contributed by atoms with van der Waals surface area (Å²) in [5, 5.41) is 3.33. The molecule has 5 heteroatoms. The Morgan fingerprint density at radius 3 is 2.79 bits per heavy atom. The normalized spacial score (nSPS) is 18.3. The van der Waals surface area contributed by atoms with E-state index in [0.717, 1.165) is 42.0 Å². The van der Waals surface area contributed by atoms with Gasteiger partial charge in [0.05, 0.1) is 13.8 Å². The molecule has 0 radical (unpaired) electrons. The van der Waals surface area contributed by atoms with Crippen molar-refractivity contribution in [2.75, 3.05) is 40.0 Å². The topological polar surface area (TPSA) is 24.5 Å². The van der Waals surface area contributed by atoms with Crippen molar-refractivity contribution in [1.29, 1.82) is 0 Å². The molecule has 1 saturated heterocycles. The number of piperazine rings is 1. The molecule has 19 heavy (non-hydrogen) atoms. The van der Waals surface area contributed by atoms with Crippen molar-refractivity contribution in [1.82, 2.24) is 10.2 Å². The maximum atomic E-state index is 12.9. The summed E-state index contributed by atoms with van der Waals surface area (Å²) in [6.07, 6.45) is 0.507. The standard InChI is InChI=1S/C14H20BrFN2O/c1-19-14-3-2-11(15)10-12(14)13(4-5-16)18-8-6-17-7-9-18/h2-3,10,13,17H,4-9H2,1H3/t13-/m1/s1. The van der Waals surface area contributed by atoms with E-state index in [4.69, 9.17) is 4.74 Å². The lowest BCUT2D eigenvalue weighted by atomic mass is 10.0. The predicted molar refractivity (Wildman–Crippen MR) is 78.5 cm³/mol. The first-order chi connectivity index (χ1) is 9.26. The zero-order valence-electron chi connectivity index (χ0n) is 11.2. The summed E-state index contributed by atoms with van der Waals surface area (Å²) in [7, 11) is 1.66. The van der Waals surface area contributed by atoms with Gasteiger partial charge < -0.3 is 10.1 Å². The van der Waals surface area contributed by atoms with Gasteiger partial charge in [-0.25, -0.2) is 0 Å². The molecule has 1 fully saturated rings. The summed E-state index contributed by atoms with van der Waals surface area (Å²) in [4.78, 5) is 2.33. The number of nitrogens with zero attached hydrogens (tertiary/aromatic N) is 1. The van der Waals surface area contributed by atoms with E-state index in [0.29, 0.717) is 6.42 Å². The van der Waals surface area contributed by atoms with Crippen molar-refractivity contribution >= 4 is 15.9 Å². The lowest BCUT2D eigenvalue weighted by Gasteiger charge is -2.35. The summed E-state index contributed by atoms with van der Waals surface area (Å²) < 4.78 is 19.4. The molecule has 106 valence electrons. The first-order valence-corrected chi connectivity index (χ1v) is 7.39. The summed E-state index contributed by atoms with van der Waals surface area (Å²) >= 11 is 3.49. The number of nitrogens with one attached hydrogen (secondary N) is 1. The molecule has 1 aromatic carbocycles. The quantitative estimate of drug-likeness (QED) is 0.898. The second-order valence-electron chi connectivity index (χ2n) is 4.67. The van der Waals surface area contributed by atoms with E-state index in [2.05, 4.69) is 26.1 Å². The summed E-state index contributed by atoms with van der Waals surface area (Å²) in [5.41, 5.74) is 1.07. The van der Waals surface area contributed by atoms with E-state index in [1.807, 2.05) is 18.2 Å². The SMILES string of the molecule is COc1ccc(Br)cc1[C@@H](CCF)N1CCNCC1. The minimum atomic E-state index is -0.315.